The molecule has 0 spiro atoms. The molecule has 0 aliphatic rings. The fourth-order valence-electron chi connectivity index (χ4n) is 2.31. The van der Waals surface area contributed by atoms with E-state index >= 15 is 0 Å². The van der Waals surface area contributed by atoms with Crippen molar-refractivity contribution in [2.45, 2.75) is 53.9 Å². The smallest absolute Gasteiger partial charge is 0.118 e. The van der Waals surface area contributed by atoms with Crippen molar-refractivity contribution in [1.82, 2.24) is 0 Å². The standard InChI is InChI=1S/C16H26O/c1-11(2)14(10-16(4,5)6)13-7-8-15(17)12(3)9-13/h7-9,11,14,17H,10H2,1-6H3. The lowest BCUT2D eigenvalue weighted by Crippen LogP contribution is -2.16. The van der Waals surface area contributed by atoms with Crippen molar-refractivity contribution in [3.8, 4) is 5.75 Å². The maximum atomic E-state index is 9.60. The van der Waals surface area contributed by atoms with Gasteiger partial charge in [-0.1, -0.05) is 46.8 Å². The second-order valence-corrected chi connectivity index (χ2v) is 6.66. The predicted molar refractivity (Wildman–Crippen MR) is 74.5 cm³/mol. The van der Waals surface area contributed by atoms with Gasteiger partial charge < -0.3 is 5.11 Å². The van der Waals surface area contributed by atoms with Crippen molar-refractivity contribution in [2.24, 2.45) is 11.3 Å². The molecule has 0 radical (unpaired) electrons. The van der Waals surface area contributed by atoms with Gasteiger partial charge in [0.1, 0.15) is 5.75 Å². The number of hydrogen-bond acceptors (Lipinski definition) is 1. The van der Waals surface area contributed by atoms with Crippen LogP contribution in [0.4, 0.5) is 0 Å². The quantitative estimate of drug-likeness (QED) is 0.790. The molecule has 1 atom stereocenters. The lowest BCUT2D eigenvalue weighted by Gasteiger charge is -2.29. The minimum Gasteiger partial charge on any atom is -0.508 e. The highest BCUT2D eigenvalue weighted by Crippen LogP contribution is 2.37. The molecule has 1 N–H and O–H groups in total. The summed E-state index contributed by atoms with van der Waals surface area (Å²) >= 11 is 0. The van der Waals surface area contributed by atoms with Crippen LogP contribution in [0, 0.1) is 18.3 Å². The highest BCUT2D eigenvalue weighted by atomic mass is 16.3. The number of phenolic OH excluding ortho intramolecular Hbond substituents is 1. The summed E-state index contributed by atoms with van der Waals surface area (Å²) in [6.07, 6.45) is 1.18. The second kappa shape index (κ2) is 5.12. The Balaban J connectivity index is 3.02. The average molecular weight is 234 g/mol. The van der Waals surface area contributed by atoms with E-state index in [1.54, 1.807) is 0 Å². The van der Waals surface area contributed by atoms with Gasteiger partial charge in [0.05, 0.1) is 0 Å². The Hall–Kier alpha value is -0.980. The summed E-state index contributed by atoms with van der Waals surface area (Å²) in [7, 11) is 0. The zero-order valence-corrected chi connectivity index (χ0v) is 12.0. The van der Waals surface area contributed by atoms with Gasteiger partial charge in [0.2, 0.25) is 0 Å². The normalized spacial score (nSPS) is 14.1. The number of phenols is 1. The van der Waals surface area contributed by atoms with Crippen molar-refractivity contribution in [1.29, 1.82) is 0 Å². The third kappa shape index (κ3) is 4.07. The molecule has 0 aliphatic heterocycles. The molecular formula is C16H26O. The number of aromatic hydroxyl groups is 1. The van der Waals surface area contributed by atoms with Crippen molar-refractivity contribution >= 4 is 0 Å². The van der Waals surface area contributed by atoms with Gasteiger partial charge in [-0.15, -0.1) is 0 Å². The number of aryl methyl sites for hydroxylation is 1. The highest BCUT2D eigenvalue weighted by molar-refractivity contribution is 5.36. The Morgan fingerprint density at radius 3 is 2.18 bits per heavy atom. The van der Waals surface area contributed by atoms with Crippen LogP contribution in [-0.4, -0.2) is 5.11 Å². The Morgan fingerprint density at radius 2 is 1.76 bits per heavy atom. The minimum atomic E-state index is 0.334. The maximum Gasteiger partial charge on any atom is 0.118 e. The topological polar surface area (TPSA) is 20.2 Å². The Kier molecular flexibility index (Phi) is 4.24. The molecule has 1 nitrogen and oxygen atoms in total. The SMILES string of the molecule is Cc1cc(C(CC(C)(C)C)C(C)C)ccc1O. The molecule has 0 saturated heterocycles. The van der Waals surface area contributed by atoms with Crippen LogP contribution in [0.15, 0.2) is 18.2 Å². The van der Waals surface area contributed by atoms with Gasteiger partial charge in [-0.2, -0.15) is 0 Å². The average Bonchev–Trinajstić information content (AvgIpc) is 2.17. The summed E-state index contributed by atoms with van der Waals surface area (Å²) in [6, 6.07) is 6.02. The van der Waals surface area contributed by atoms with Crippen LogP contribution in [-0.2, 0) is 0 Å². The van der Waals surface area contributed by atoms with E-state index in [0.717, 1.165) is 5.56 Å². The first kappa shape index (κ1) is 14.1. The molecule has 1 unspecified atom stereocenters. The summed E-state index contributed by atoms with van der Waals surface area (Å²) in [5, 5.41) is 9.60. The predicted octanol–water partition coefficient (Wildman–Crippen LogP) is 4.88. The zero-order valence-electron chi connectivity index (χ0n) is 12.0. The second-order valence-electron chi connectivity index (χ2n) is 6.66. The van der Waals surface area contributed by atoms with Crippen LogP contribution in [0.2, 0.25) is 0 Å². The Bertz CT molecular complexity index is 372. The van der Waals surface area contributed by atoms with Gasteiger partial charge in [0.15, 0.2) is 0 Å². The van der Waals surface area contributed by atoms with Crippen LogP contribution >= 0.6 is 0 Å². The molecule has 0 fully saturated rings. The number of hydrogen-bond donors (Lipinski definition) is 1. The van der Waals surface area contributed by atoms with Crippen molar-refractivity contribution in [2.75, 3.05) is 0 Å². The van der Waals surface area contributed by atoms with E-state index in [4.69, 9.17) is 0 Å². The van der Waals surface area contributed by atoms with Crippen molar-refractivity contribution < 1.29 is 5.11 Å². The van der Waals surface area contributed by atoms with Gasteiger partial charge >= 0.3 is 0 Å². The summed E-state index contributed by atoms with van der Waals surface area (Å²) in [5.41, 5.74) is 2.66. The number of rotatable bonds is 3. The van der Waals surface area contributed by atoms with Crippen LogP contribution in [0.25, 0.3) is 0 Å². The summed E-state index contributed by atoms with van der Waals surface area (Å²) < 4.78 is 0. The summed E-state index contributed by atoms with van der Waals surface area (Å²) in [5.74, 6) is 1.58. The molecule has 17 heavy (non-hydrogen) atoms. The molecule has 0 bridgehead atoms. The molecule has 0 aromatic heterocycles. The van der Waals surface area contributed by atoms with E-state index in [-0.39, 0.29) is 0 Å². The molecular weight excluding hydrogens is 208 g/mol. The van der Waals surface area contributed by atoms with E-state index in [1.807, 2.05) is 13.0 Å². The van der Waals surface area contributed by atoms with E-state index in [0.29, 0.717) is 23.0 Å². The molecule has 0 aliphatic carbocycles. The van der Waals surface area contributed by atoms with Crippen LogP contribution in [0.3, 0.4) is 0 Å². The lowest BCUT2D eigenvalue weighted by atomic mass is 9.76. The Morgan fingerprint density at radius 1 is 1.18 bits per heavy atom. The van der Waals surface area contributed by atoms with Gasteiger partial charge in [0, 0.05) is 0 Å². The monoisotopic (exact) mass is 234 g/mol. The van der Waals surface area contributed by atoms with Crippen LogP contribution < -0.4 is 0 Å². The third-order valence-corrected chi connectivity index (χ3v) is 3.29. The van der Waals surface area contributed by atoms with Gasteiger partial charge in [-0.3, -0.25) is 0 Å². The van der Waals surface area contributed by atoms with Crippen molar-refractivity contribution in [3.05, 3.63) is 29.3 Å². The minimum absolute atomic E-state index is 0.334. The summed E-state index contributed by atoms with van der Waals surface area (Å²) in [6.45, 7) is 13.4. The molecule has 1 aromatic rings. The van der Waals surface area contributed by atoms with E-state index in [2.05, 4.69) is 46.8 Å². The highest BCUT2D eigenvalue weighted by Gasteiger charge is 2.23. The van der Waals surface area contributed by atoms with E-state index in [9.17, 15) is 5.11 Å². The lowest BCUT2D eigenvalue weighted by molar-refractivity contribution is 0.301. The van der Waals surface area contributed by atoms with Crippen LogP contribution in [0.1, 0.15) is 58.1 Å². The molecule has 96 valence electrons. The molecule has 0 amide bonds. The maximum absolute atomic E-state index is 9.60. The fraction of sp³-hybridized carbons (Fsp3) is 0.625. The molecule has 1 heteroatoms. The van der Waals surface area contributed by atoms with E-state index in [1.165, 1.54) is 12.0 Å². The van der Waals surface area contributed by atoms with Gasteiger partial charge in [-0.05, 0) is 47.8 Å². The first-order valence-electron chi connectivity index (χ1n) is 6.50. The number of benzene rings is 1. The fourth-order valence-corrected chi connectivity index (χ4v) is 2.31. The zero-order chi connectivity index (χ0) is 13.2. The first-order valence-corrected chi connectivity index (χ1v) is 6.50. The molecule has 0 saturated carbocycles. The van der Waals surface area contributed by atoms with Gasteiger partial charge in [0.25, 0.3) is 0 Å². The first-order chi connectivity index (χ1) is 7.70. The largest absolute Gasteiger partial charge is 0.508 e. The Labute approximate surface area is 106 Å². The van der Waals surface area contributed by atoms with Crippen molar-refractivity contribution in [3.63, 3.8) is 0 Å². The third-order valence-electron chi connectivity index (χ3n) is 3.29. The van der Waals surface area contributed by atoms with Gasteiger partial charge in [-0.25, -0.2) is 0 Å². The molecule has 1 rings (SSSR count). The van der Waals surface area contributed by atoms with Crippen LogP contribution in [0.5, 0.6) is 5.75 Å². The molecule has 1 aromatic carbocycles. The van der Waals surface area contributed by atoms with E-state index < -0.39 is 0 Å². The molecule has 0 heterocycles. The summed E-state index contributed by atoms with van der Waals surface area (Å²) in [4.78, 5) is 0.